The van der Waals surface area contributed by atoms with Crippen molar-refractivity contribution in [3.05, 3.63) is 34.6 Å². The molecule has 0 aromatic heterocycles. The molecule has 0 bridgehead atoms. The monoisotopic (exact) mass is 362 g/mol. The van der Waals surface area contributed by atoms with E-state index in [2.05, 4.69) is 10.6 Å². The first-order valence-corrected chi connectivity index (χ1v) is 9.08. The summed E-state index contributed by atoms with van der Waals surface area (Å²) in [5, 5.41) is 13.7. The molecule has 1 aliphatic carbocycles. The molecule has 0 radical (unpaired) electrons. The van der Waals surface area contributed by atoms with E-state index in [4.69, 9.17) is 5.11 Å². The molecule has 1 aromatic carbocycles. The summed E-state index contributed by atoms with van der Waals surface area (Å²) in [6.45, 7) is 0.570. The van der Waals surface area contributed by atoms with Crippen molar-refractivity contribution in [1.82, 2.24) is 10.6 Å². The minimum absolute atomic E-state index is 0.131. The van der Waals surface area contributed by atoms with Crippen LogP contribution in [0.4, 0.5) is 4.39 Å². The molecule has 4 rings (SSSR count). The van der Waals surface area contributed by atoms with Crippen molar-refractivity contribution >= 4 is 17.7 Å². The Morgan fingerprint density at radius 1 is 1.04 bits per heavy atom. The van der Waals surface area contributed by atoms with Crippen LogP contribution in [-0.4, -0.2) is 28.9 Å². The highest BCUT2D eigenvalue weighted by Crippen LogP contribution is 2.38. The van der Waals surface area contributed by atoms with Crippen LogP contribution in [0.25, 0.3) is 0 Å². The molecule has 1 atom stereocenters. The summed E-state index contributed by atoms with van der Waals surface area (Å²) in [4.78, 5) is 32.7. The van der Waals surface area contributed by atoms with E-state index in [1.807, 2.05) is 0 Å². The summed E-state index contributed by atoms with van der Waals surface area (Å²) in [5.41, 5.74) is 2.63. The van der Waals surface area contributed by atoms with Gasteiger partial charge in [0, 0.05) is 18.5 Å². The normalized spacial score (nSPS) is 22.8. The van der Waals surface area contributed by atoms with Crippen molar-refractivity contribution in [2.45, 2.75) is 63.5 Å². The Balaban J connectivity index is 0.000000170. The molecule has 1 saturated heterocycles. The van der Waals surface area contributed by atoms with Crippen LogP contribution in [0.5, 0.6) is 0 Å². The van der Waals surface area contributed by atoms with Crippen molar-refractivity contribution in [1.29, 1.82) is 0 Å². The number of nitrogens with one attached hydrogen (secondary N) is 2. The molecule has 3 N–H and O–H groups in total. The van der Waals surface area contributed by atoms with Gasteiger partial charge in [-0.1, -0.05) is 12.8 Å². The van der Waals surface area contributed by atoms with Gasteiger partial charge in [0.1, 0.15) is 11.9 Å². The minimum atomic E-state index is -0.994. The predicted octanol–water partition coefficient (Wildman–Crippen LogP) is 1.90. The lowest BCUT2D eigenvalue weighted by atomic mass is 9.91. The Hall–Kier alpha value is -2.28. The summed E-state index contributed by atoms with van der Waals surface area (Å²) < 4.78 is 13.5. The SMILES string of the molecule is O=C1CCCC(O)C(=O)N1.O=C1NCc2c1cc(F)cc2C1CCCC1. The van der Waals surface area contributed by atoms with E-state index in [1.54, 1.807) is 6.07 Å². The molecule has 1 saturated carbocycles. The highest BCUT2D eigenvalue weighted by molar-refractivity contribution is 5.99. The van der Waals surface area contributed by atoms with E-state index in [0.29, 0.717) is 37.3 Å². The van der Waals surface area contributed by atoms with Gasteiger partial charge in [0.25, 0.3) is 11.8 Å². The second-order valence-electron chi connectivity index (χ2n) is 7.01. The number of benzene rings is 1. The average Bonchev–Trinajstić information content (AvgIpc) is 3.22. The summed E-state index contributed by atoms with van der Waals surface area (Å²) in [6.07, 6.45) is 5.01. The van der Waals surface area contributed by atoms with Crippen LogP contribution in [-0.2, 0) is 16.1 Å². The first-order valence-electron chi connectivity index (χ1n) is 9.08. The van der Waals surface area contributed by atoms with Crippen LogP contribution in [0.15, 0.2) is 12.1 Å². The second-order valence-corrected chi connectivity index (χ2v) is 7.01. The van der Waals surface area contributed by atoms with E-state index in [9.17, 15) is 18.8 Å². The standard InChI is InChI=1S/C13H14FNO.C6H9NO3/c14-9-5-10(8-3-1-2-4-8)12-7-15-13(16)11(12)6-9;8-4-2-1-3-5(9)7-6(4)10/h5-6,8H,1-4,7H2,(H,15,16);4,8H,1-3H2,(H,7,9,10). The molecule has 2 heterocycles. The fourth-order valence-corrected chi connectivity index (χ4v) is 3.79. The topological polar surface area (TPSA) is 95.5 Å². The summed E-state index contributed by atoms with van der Waals surface area (Å²) in [5.74, 6) is -0.812. The highest BCUT2D eigenvalue weighted by atomic mass is 19.1. The maximum Gasteiger partial charge on any atom is 0.255 e. The van der Waals surface area contributed by atoms with Gasteiger partial charge < -0.3 is 10.4 Å². The van der Waals surface area contributed by atoms with E-state index >= 15 is 0 Å². The fourth-order valence-electron chi connectivity index (χ4n) is 3.79. The van der Waals surface area contributed by atoms with Crippen LogP contribution >= 0.6 is 0 Å². The average molecular weight is 362 g/mol. The van der Waals surface area contributed by atoms with Crippen molar-refractivity contribution in [3.63, 3.8) is 0 Å². The minimum Gasteiger partial charge on any atom is -0.383 e. The number of halogens is 1. The van der Waals surface area contributed by atoms with Gasteiger partial charge in [-0.3, -0.25) is 19.7 Å². The molecule has 2 aliphatic heterocycles. The third-order valence-corrected chi connectivity index (χ3v) is 5.16. The number of fused-ring (bicyclic) bond motifs is 1. The van der Waals surface area contributed by atoms with Crippen LogP contribution in [0.2, 0.25) is 0 Å². The Morgan fingerprint density at radius 3 is 2.50 bits per heavy atom. The third kappa shape index (κ3) is 4.09. The molecule has 6 nitrogen and oxygen atoms in total. The van der Waals surface area contributed by atoms with Crippen LogP contribution in [0, 0.1) is 5.82 Å². The van der Waals surface area contributed by atoms with E-state index in [-0.39, 0.29) is 17.6 Å². The molecular weight excluding hydrogens is 339 g/mol. The molecule has 7 heteroatoms. The third-order valence-electron chi connectivity index (χ3n) is 5.16. The summed E-state index contributed by atoms with van der Waals surface area (Å²) >= 11 is 0. The zero-order valence-electron chi connectivity index (χ0n) is 14.5. The number of rotatable bonds is 1. The summed E-state index contributed by atoms with van der Waals surface area (Å²) in [7, 11) is 0. The zero-order chi connectivity index (χ0) is 18.7. The molecule has 3 amide bonds. The van der Waals surface area contributed by atoms with Gasteiger partial charge in [0.15, 0.2) is 0 Å². The zero-order valence-corrected chi connectivity index (χ0v) is 14.5. The molecule has 3 aliphatic rings. The molecule has 140 valence electrons. The van der Waals surface area contributed by atoms with Gasteiger partial charge in [-0.25, -0.2) is 4.39 Å². The van der Waals surface area contributed by atoms with Gasteiger partial charge >= 0.3 is 0 Å². The number of aliphatic hydroxyl groups excluding tert-OH is 1. The van der Waals surface area contributed by atoms with Crippen LogP contribution in [0.1, 0.15) is 72.3 Å². The van der Waals surface area contributed by atoms with Crippen LogP contribution in [0.3, 0.4) is 0 Å². The lowest BCUT2D eigenvalue weighted by Gasteiger charge is -2.13. The molecule has 2 fully saturated rings. The van der Waals surface area contributed by atoms with Gasteiger partial charge in [-0.2, -0.15) is 0 Å². The first kappa shape index (κ1) is 18.5. The first-order chi connectivity index (χ1) is 12.5. The largest absolute Gasteiger partial charge is 0.383 e. The van der Waals surface area contributed by atoms with Gasteiger partial charge in [0.05, 0.1) is 0 Å². The number of carbonyl (C=O) groups excluding carboxylic acids is 3. The number of carbonyl (C=O) groups is 3. The Bertz CT molecular complexity index is 728. The summed E-state index contributed by atoms with van der Waals surface area (Å²) in [6, 6.07) is 2.98. The number of aliphatic hydroxyl groups is 1. The quantitative estimate of drug-likeness (QED) is 0.665. The Kier molecular flexibility index (Phi) is 5.66. The number of imide groups is 1. The van der Waals surface area contributed by atoms with Crippen molar-refractivity contribution in [2.24, 2.45) is 0 Å². The highest BCUT2D eigenvalue weighted by Gasteiger charge is 2.28. The van der Waals surface area contributed by atoms with Crippen molar-refractivity contribution < 1.29 is 23.9 Å². The van der Waals surface area contributed by atoms with E-state index in [1.165, 1.54) is 18.9 Å². The van der Waals surface area contributed by atoms with E-state index < -0.39 is 12.0 Å². The number of hydrogen-bond donors (Lipinski definition) is 3. The predicted molar refractivity (Wildman–Crippen MR) is 91.8 cm³/mol. The van der Waals surface area contributed by atoms with Gasteiger partial charge in [-0.15, -0.1) is 0 Å². The lowest BCUT2D eigenvalue weighted by Crippen LogP contribution is -2.35. The lowest BCUT2D eigenvalue weighted by molar-refractivity contribution is -0.134. The molecule has 1 aromatic rings. The Labute approximate surface area is 151 Å². The van der Waals surface area contributed by atoms with Gasteiger partial charge in [0.2, 0.25) is 5.91 Å². The molecule has 0 spiro atoms. The maximum absolute atomic E-state index is 13.5. The number of amides is 3. The number of hydrogen-bond acceptors (Lipinski definition) is 4. The maximum atomic E-state index is 13.5. The Morgan fingerprint density at radius 2 is 1.77 bits per heavy atom. The molecule has 1 unspecified atom stereocenters. The van der Waals surface area contributed by atoms with Gasteiger partial charge in [-0.05, 0) is 54.9 Å². The van der Waals surface area contributed by atoms with Crippen molar-refractivity contribution in [2.75, 3.05) is 0 Å². The van der Waals surface area contributed by atoms with Crippen molar-refractivity contribution in [3.8, 4) is 0 Å². The van der Waals surface area contributed by atoms with E-state index in [0.717, 1.165) is 24.0 Å². The second kappa shape index (κ2) is 7.95. The fraction of sp³-hybridized carbons (Fsp3) is 0.526. The smallest absolute Gasteiger partial charge is 0.255 e. The van der Waals surface area contributed by atoms with Crippen LogP contribution < -0.4 is 10.6 Å². The molecular formula is C19H23FN2O4. The molecule has 26 heavy (non-hydrogen) atoms.